The molecule has 0 aliphatic carbocycles. The minimum absolute atomic E-state index is 0.316. The molecule has 0 atom stereocenters. The molecule has 1 radical (unpaired) electrons. The van der Waals surface area contributed by atoms with Gasteiger partial charge in [0.15, 0.2) is 0 Å². The van der Waals surface area contributed by atoms with E-state index in [9.17, 15) is 4.79 Å². The molecule has 0 bridgehead atoms. The fraction of sp³-hybridized carbons (Fsp3) is 0.125. The SMILES string of the molecule is COC(=O)[B]Sc1ccccc1. The van der Waals surface area contributed by atoms with Crippen LogP contribution >= 0.6 is 11.6 Å². The Labute approximate surface area is 76.4 Å². The maximum Gasteiger partial charge on any atom is 0.343 e. The van der Waals surface area contributed by atoms with Gasteiger partial charge in [-0.15, -0.1) is 0 Å². The Kier molecular flexibility index (Phi) is 3.74. The van der Waals surface area contributed by atoms with Crippen LogP contribution in [-0.2, 0) is 4.74 Å². The highest BCUT2D eigenvalue weighted by Crippen LogP contribution is 2.14. The van der Waals surface area contributed by atoms with Gasteiger partial charge < -0.3 is 4.74 Å². The van der Waals surface area contributed by atoms with Crippen LogP contribution < -0.4 is 0 Å². The van der Waals surface area contributed by atoms with Gasteiger partial charge in [0.2, 0.25) is 0 Å². The van der Waals surface area contributed by atoms with Gasteiger partial charge in [-0.05, 0) is 17.0 Å². The first-order chi connectivity index (χ1) is 5.83. The summed E-state index contributed by atoms with van der Waals surface area (Å²) < 4.78 is 4.46. The summed E-state index contributed by atoms with van der Waals surface area (Å²) >= 11 is 1.35. The summed E-state index contributed by atoms with van der Waals surface area (Å²) in [4.78, 5) is 11.7. The fourth-order valence-corrected chi connectivity index (χ4v) is 1.31. The molecule has 0 heterocycles. The Morgan fingerprint density at radius 2 is 2.08 bits per heavy atom. The highest BCUT2D eigenvalue weighted by atomic mass is 32.2. The number of hydrogen-bond donors (Lipinski definition) is 0. The summed E-state index contributed by atoms with van der Waals surface area (Å²) in [6.07, 6.45) is 0. The Bertz CT molecular complexity index is 250. The Morgan fingerprint density at radius 3 is 2.67 bits per heavy atom. The number of benzene rings is 1. The summed E-state index contributed by atoms with van der Waals surface area (Å²) in [7, 11) is 1.37. The lowest BCUT2D eigenvalue weighted by atomic mass is 10.1. The predicted octanol–water partition coefficient (Wildman–Crippen LogP) is 2.16. The molecule has 0 aromatic heterocycles. The molecule has 0 N–H and O–H groups in total. The quantitative estimate of drug-likeness (QED) is 0.665. The lowest BCUT2D eigenvalue weighted by molar-refractivity contribution is 0.198. The van der Waals surface area contributed by atoms with Crippen LogP contribution in [0.2, 0.25) is 0 Å². The second-order valence-electron chi connectivity index (χ2n) is 2.07. The molecule has 0 saturated carbocycles. The van der Waals surface area contributed by atoms with Crippen LogP contribution in [0.1, 0.15) is 0 Å². The van der Waals surface area contributed by atoms with Crippen LogP contribution in [0.5, 0.6) is 0 Å². The van der Waals surface area contributed by atoms with E-state index in [0.717, 1.165) is 4.90 Å². The van der Waals surface area contributed by atoms with Crippen molar-refractivity contribution in [3.05, 3.63) is 30.3 Å². The van der Waals surface area contributed by atoms with Gasteiger partial charge in [0.05, 0.1) is 7.11 Å². The van der Waals surface area contributed by atoms with E-state index >= 15 is 0 Å². The summed E-state index contributed by atoms with van der Waals surface area (Å²) in [5, 5.41) is 0. The zero-order valence-corrected chi connectivity index (χ0v) is 7.51. The molecule has 12 heavy (non-hydrogen) atoms. The Hall–Kier alpha value is -0.895. The van der Waals surface area contributed by atoms with Gasteiger partial charge in [0, 0.05) is 0 Å². The summed E-state index contributed by atoms with van der Waals surface area (Å²) in [6, 6.07) is 9.65. The molecular weight excluding hydrogens is 171 g/mol. The van der Waals surface area contributed by atoms with Crippen molar-refractivity contribution in [3.8, 4) is 0 Å². The van der Waals surface area contributed by atoms with Gasteiger partial charge in [-0.1, -0.05) is 18.2 Å². The zero-order valence-electron chi connectivity index (χ0n) is 6.69. The molecule has 61 valence electrons. The molecule has 4 heteroatoms. The van der Waals surface area contributed by atoms with Crippen LogP contribution in [0.25, 0.3) is 0 Å². The third-order valence-corrected chi connectivity index (χ3v) is 2.09. The molecule has 0 saturated heterocycles. The van der Waals surface area contributed by atoms with Gasteiger partial charge >= 0.3 is 6.56 Å². The topological polar surface area (TPSA) is 26.3 Å². The van der Waals surface area contributed by atoms with Crippen molar-refractivity contribution in [2.45, 2.75) is 4.90 Å². The number of methoxy groups -OCH3 is 1. The van der Waals surface area contributed by atoms with Gasteiger partial charge in [0.1, 0.15) is 0 Å². The second kappa shape index (κ2) is 4.88. The van der Waals surface area contributed by atoms with E-state index in [1.165, 1.54) is 25.3 Å². The maximum absolute atomic E-state index is 10.7. The van der Waals surface area contributed by atoms with Gasteiger partial charge in [0.25, 0.3) is 5.87 Å². The van der Waals surface area contributed by atoms with E-state index in [1.54, 1.807) is 0 Å². The van der Waals surface area contributed by atoms with E-state index in [-0.39, 0.29) is 5.87 Å². The van der Waals surface area contributed by atoms with Crippen molar-refractivity contribution in [1.29, 1.82) is 0 Å². The van der Waals surface area contributed by atoms with Crippen molar-refractivity contribution in [2.75, 3.05) is 7.11 Å². The van der Waals surface area contributed by atoms with Crippen LogP contribution in [-0.4, -0.2) is 19.5 Å². The van der Waals surface area contributed by atoms with Crippen molar-refractivity contribution in [2.24, 2.45) is 0 Å². The first-order valence-electron chi connectivity index (χ1n) is 3.46. The van der Waals surface area contributed by atoms with Crippen molar-refractivity contribution in [1.82, 2.24) is 0 Å². The molecule has 1 aromatic rings. The van der Waals surface area contributed by atoms with Gasteiger partial charge in [-0.2, -0.15) is 11.6 Å². The maximum atomic E-state index is 10.7. The number of rotatable bonds is 3. The molecule has 1 rings (SSSR count). The second-order valence-corrected chi connectivity index (χ2v) is 3.01. The average molecular weight is 179 g/mol. The molecule has 0 aliphatic rings. The normalized spacial score (nSPS) is 9.08. The summed E-state index contributed by atoms with van der Waals surface area (Å²) in [6.45, 7) is 1.44. The molecule has 2 nitrogen and oxygen atoms in total. The predicted molar refractivity (Wildman–Crippen MR) is 50.5 cm³/mol. The lowest BCUT2D eigenvalue weighted by Gasteiger charge is -1.97. The minimum atomic E-state index is -0.316. The third-order valence-electron chi connectivity index (χ3n) is 1.24. The van der Waals surface area contributed by atoms with Crippen LogP contribution in [0.3, 0.4) is 0 Å². The summed E-state index contributed by atoms with van der Waals surface area (Å²) in [5.74, 6) is -0.316. The Balaban J connectivity index is 2.38. The highest BCUT2D eigenvalue weighted by molar-refractivity contribution is 8.24. The number of carbonyl (C=O) groups is 1. The molecule has 0 fully saturated rings. The van der Waals surface area contributed by atoms with Crippen LogP contribution in [0.4, 0.5) is 4.79 Å². The third kappa shape index (κ3) is 3.01. The molecule has 1 aromatic carbocycles. The number of hydrogen-bond acceptors (Lipinski definition) is 3. The van der Waals surface area contributed by atoms with E-state index in [1.807, 2.05) is 30.3 Å². The standard InChI is InChI=1S/C8H8BO2S/c1-11-8(10)9-12-7-5-3-2-4-6-7/h2-6H,1H3. The monoisotopic (exact) mass is 179 g/mol. The number of carbonyl (C=O) groups excluding carboxylic acids is 1. The van der Waals surface area contributed by atoms with E-state index in [4.69, 9.17) is 0 Å². The first-order valence-corrected chi connectivity index (χ1v) is 4.34. The van der Waals surface area contributed by atoms with E-state index < -0.39 is 0 Å². The van der Waals surface area contributed by atoms with E-state index in [0.29, 0.717) is 0 Å². The summed E-state index contributed by atoms with van der Waals surface area (Å²) in [5.41, 5.74) is 0. The Morgan fingerprint density at radius 1 is 1.42 bits per heavy atom. The van der Waals surface area contributed by atoms with Crippen molar-refractivity contribution in [3.63, 3.8) is 0 Å². The van der Waals surface area contributed by atoms with Crippen LogP contribution in [0.15, 0.2) is 35.2 Å². The first kappa shape index (κ1) is 9.19. The molecule has 0 spiro atoms. The largest absolute Gasteiger partial charge is 0.477 e. The molecular formula is C8H8BO2S. The van der Waals surface area contributed by atoms with Crippen LogP contribution in [0, 0.1) is 0 Å². The molecule has 0 unspecified atom stereocenters. The highest BCUT2D eigenvalue weighted by Gasteiger charge is 2.03. The minimum Gasteiger partial charge on any atom is -0.477 e. The average Bonchev–Trinajstić information content (AvgIpc) is 2.16. The van der Waals surface area contributed by atoms with E-state index in [2.05, 4.69) is 4.74 Å². The van der Waals surface area contributed by atoms with Gasteiger partial charge in [-0.25, -0.2) is 0 Å². The molecule has 0 amide bonds. The van der Waals surface area contributed by atoms with Gasteiger partial charge in [-0.3, -0.25) is 4.79 Å². The smallest absolute Gasteiger partial charge is 0.343 e. The number of ether oxygens (including phenoxy) is 1. The van der Waals surface area contributed by atoms with Crippen molar-refractivity contribution < 1.29 is 9.53 Å². The zero-order chi connectivity index (χ0) is 8.81. The lowest BCUT2D eigenvalue weighted by Crippen LogP contribution is -2.04. The fourth-order valence-electron chi connectivity index (χ4n) is 0.663. The molecule has 0 aliphatic heterocycles. The van der Waals surface area contributed by atoms with Crippen molar-refractivity contribution >= 4 is 24.0 Å².